The third-order valence-corrected chi connectivity index (χ3v) is 3.07. The Kier molecular flexibility index (Phi) is 7.65. The van der Waals surface area contributed by atoms with Crippen LogP contribution in [0.4, 0.5) is 0 Å². The first kappa shape index (κ1) is 16.6. The lowest BCUT2D eigenvalue weighted by Crippen LogP contribution is -2.35. The molecule has 0 saturated carbocycles. The van der Waals surface area contributed by atoms with Crippen LogP contribution >= 0.6 is 36.2 Å². The first-order valence-electron chi connectivity index (χ1n) is 4.73. The van der Waals surface area contributed by atoms with Gasteiger partial charge in [-0.2, -0.15) is 0 Å². The van der Waals surface area contributed by atoms with Crippen molar-refractivity contribution >= 4 is 42.1 Å². The van der Waals surface area contributed by atoms with Gasteiger partial charge in [0.2, 0.25) is 0 Å². The summed E-state index contributed by atoms with van der Waals surface area (Å²) in [6.07, 6.45) is 0. The topological polar surface area (TPSA) is 62.7 Å². The van der Waals surface area contributed by atoms with Gasteiger partial charge in [-0.3, -0.25) is 4.90 Å². The fourth-order valence-corrected chi connectivity index (χ4v) is 2.24. The second-order valence-electron chi connectivity index (χ2n) is 3.32. The lowest BCUT2D eigenvalue weighted by molar-refractivity contribution is 0.0341. The molecule has 2 heterocycles. The Morgan fingerprint density at radius 2 is 2.12 bits per heavy atom. The zero-order valence-corrected chi connectivity index (χ0v) is 11.4. The molecule has 1 aromatic rings. The molecule has 8 heteroatoms. The zero-order valence-electron chi connectivity index (χ0n) is 9.00. The molecule has 1 aliphatic rings. The Hall–Kier alpha value is -0.400. The molecule has 0 spiro atoms. The third-order valence-electron chi connectivity index (χ3n) is 2.23. The van der Waals surface area contributed by atoms with Gasteiger partial charge in [-0.1, -0.05) is 0 Å². The van der Waals surface area contributed by atoms with Crippen LogP contribution in [0.25, 0.3) is 0 Å². The highest BCUT2D eigenvalue weighted by molar-refractivity contribution is 7.09. The van der Waals surface area contributed by atoms with E-state index in [-0.39, 0.29) is 30.5 Å². The maximum atomic E-state index is 10.6. The number of ether oxygens (including phenoxy) is 1. The Labute approximate surface area is 116 Å². The lowest BCUT2D eigenvalue weighted by atomic mass is 10.4. The summed E-state index contributed by atoms with van der Waals surface area (Å²) in [6.45, 7) is 4.00. The van der Waals surface area contributed by atoms with Crippen LogP contribution in [0.5, 0.6) is 0 Å². The van der Waals surface area contributed by atoms with Crippen molar-refractivity contribution in [3.63, 3.8) is 0 Å². The van der Waals surface area contributed by atoms with Crippen LogP contribution in [-0.4, -0.2) is 47.3 Å². The molecule has 0 radical (unpaired) electrons. The highest BCUT2D eigenvalue weighted by Gasteiger charge is 2.14. The van der Waals surface area contributed by atoms with E-state index in [0.717, 1.165) is 37.9 Å². The molecule has 1 saturated heterocycles. The van der Waals surface area contributed by atoms with Crippen LogP contribution in [0.3, 0.4) is 0 Å². The molecule has 98 valence electrons. The van der Waals surface area contributed by atoms with Gasteiger partial charge in [0.05, 0.1) is 19.8 Å². The van der Waals surface area contributed by atoms with Crippen LogP contribution in [0.2, 0.25) is 0 Å². The minimum atomic E-state index is -0.959. The van der Waals surface area contributed by atoms with Gasteiger partial charge in [-0.05, 0) is 0 Å². The van der Waals surface area contributed by atoms with Crippen molar-refractivity contribution in [1.82, 2.24) is 9.88 Å². The Morgan fingerprint density at radius 1 is 1.47 bits per heavy atom. The Bertz CT molecular complexity index is 356. The minimum Gasteiger partial charge on any atom is -0.476 e. The monoisotopic (exact) mass is 300 g/mol. The average molecular weight is 301 g/mol. The van der Waals surface area contributed by atoms with E-state index in [1.54, 1.807) is 5.38 Å². The highest BCUT2D eigenvalue weighted by Crippen LogP contribution is 2.13. The molecule has 17 heavy (non-hydrogen) atoms. The second kappa shape index (κ2) is 7.84. The summed E-state index contributed by atoms with van der Waals surface area (Å²) in [4.78, 5) is 16.9. The Morgan fingerprint density at radius 3 is 2.65 bits per heavy atom. The van der Waals surface area contributed by atoms with Crippen molar-refractivity contribution in [2.75, 3.05) is 26.3 Å². The molecule has 0 atom stereocenters. The molecule has 2 rings (SSSR count). The van der Waals surface area contributed by atoms with Crippen LogP contribution in [0.1, 0.15) is 15.5 Å². The van der Waals surface area contributed by atoms with E-state index in [0.29, 0.717) is 0 Å². The molecular formula is C9H14Cl2N2O3S. The van der Waals surface area contributed by atoms with E-state index in [4.69, 9.17) is 9.84 Å². The summed E-state index contributed by atoms with van der Waals surface area (Å²) >= 11 is 1.40. The summed E-state index contributed by atoms with van der Waals surface area (Å²) in [5.41, 5.74) is 0.142. The lowest BCUT2D eigenvalue weighted by Gasteiger charge is -2.25. The molecule has 0 amide bonds. The summed E-state index contributed by atoms with van der Waals surface area (Å²) in [6, 6.07) is 0. The fraction of sp³-hybridized carbons (Fsp3) is 0.556. The number of hydrogen-bond acceptors (Lipinski definition) is 5. The molecule has 1 aromatic heterocycles. The number of hydrogen-bond donors (Lipinski definition) is 1. The van der Waals surface area contributed by atoms with Crippen molar-refractivity contribution < 1.29 is 14.6 Å². The molecule has 0 aromatic carbocycles. The molecule has 1 aliphatic heterocycles. The van der Waals surface area contributed by atoms with Gasteiger partial charge in [0.15, 0.2) is 5.69 Å². The fourth-order valence-electron chi connectivity index (χ4n) is 1.43. The first-order chi connectivity index (χ1) is 7.25. The quantitative estimate of drug-likeness (QED) is 0.917. The SMILES string of the molecule is Cl.Cl.O=C(O)c1csc(CN2CCOCC2)n1. The highest BCUT2D eigenvalue weighted by atomic mass is 35.5. The number of carboxylic acids is 1. The van der Waals surface area contributed by atoms with Gasteiger partial charge in [0.25, 0.3) is 0 Å². The number of morpholine rings is 1. The van der Waals surface area contributed by atoms with Crippen LogP contribution in [0, 0.1) is 0 Å². The maximum absolute atomic E-state index is 10.6. The standard InChI is InChI=1S/C9H12N2O3S.2ClH/c12-9(13)7-6-15-8(10-7)5-11-1-3-14-4-2-11;;/h6H,1-5H2,(H,12,13);2*1H. The molecule has 1 N–H and O–H groups in total. The van der Waals surface area contributed by atoms with Crippen LogP contribution in [0.15, 0.2) is 5.38 Å². The van der Waals surface area contributed by atoms with E-state index in [1.807, 2.05) is 0 Å². The number of nitrogens with zero attached hydrogens (tertiary/aromatic N) is 2. The number of thiazole rings is 1. The first-order valence-corrected chi connectivity index (χ1v) is 5.61. The number of carboxylic acid groups (broad SMARTS) is 1. The molecule has 0 unspecified atom stereocenters. The number of halogens is 2. The maximum Gasteiger partial charge on any atom is 0.355 e. The normalized spacial score (nSPS) is 15.8. The molecule has 1 fully saturated rings. The summed E-state index contributed by atoms with van der Waals surface area (Å²) in [7, 11) is 0. The third kappa shape index (κ3) is 4.77. The van der Waals surface area contributed by atoms with Crippen LogP contribution in [-0.2, 0) is 11.3 Å². The van der Waals surface area contributed by atoms with Crippen molar-refractivity contribution in [1.29, 1.82) is 0 Å². The van der Waals surface area contributed by atoms with Crippen molar-refractivity contribution in [2.24, 2.45) is 0 Å². The zero-order chi connectivity index (χ0) is 10.7. The average Bonchev–Trinajstić information content (AvgIpc) is 2.68. The van der Waals surface area contributed by atoms with Gasteiger partial charge in [0, 0.05) is 18.5 Å². The van der Waals surface area contributed by atoms with Crippen molar-refractivity contribution in [3.8, 4) is 0 Å². The van der Waals surface area contributed by atoms with E-state index in [2.05, 4.69) is 9.88 Å². The van der Waals surface area contributed by atoms with Gasteiger partial charge >= 0.3 is 5.97 Å². The van der Waals surface area contributed by atoms with E-state index in [9.17, 15) is 4.79 Å². The van der Waals surface area contributed by atoms with Gasteiger partial charge in [-0.15, -0.1) is 36.2 Å². The predicted molar refractivity (Wildman–Crippen MR) is 69.7 cm³/mol. The number of aromatic nitrogens is 1. The summed E-state index contributed by atoms with van der Waals surface area (Å²) in [5.74, 6) is -0.959. The van der Waals surface area contributed by atoms with Crippen LogP contribution < -0.4 is 0 Å². The molecular weight excluding hydrogens is 287 g/mol. The number of carbonyl (C=O) groups is 1. The minimum absolute atomic E-state index is 0. The number of aromatic carboxylic acids is 1. The molecule has 0 aliphatic carbocycles. The van der Waals surface area contributed by atoms with Crippen molar-refractivity contribution in [3.05, 3.63) is 16.1 Å². The predicted octanol–water partition coefficient (Wildman–Crippen LogP) is 1.52. The van der Waals surface area contributed by atoms with Gasteiger partial charge in [0.1, 0.15) is 5.01 Å². The summed E-state index contributed by atoms with van der Waals surface area (Å²) < 4.78 is 5.23. The largest absolute Gasteiger partial charge is 0.476 e. The summed E-state index contributed by atoms with van der Waals surface area (Å²) in [5, 5.41) is 11.2. The van der Waals surface area contributed by atoms with E-state index < -0.39 is 5.97 Å². The Balaban J connectivity index is 0.00000128. The van der Waals surface area contributed by atoms with E-state index in [1.165, 1.54) is 11.3 Å². The van der Waals surface area contributed by atoms with Gasteiger partial charge < -0.3 is 9.84 Å². The van der Waals surface area contributed by atoms with Crippen molar-refractivity contribution in [2.45, 2.75) is 6.54 Å². The molecule has 5 nitrogen and oxygen atoms in total. The van der Waals surface area contributed by atoms with E-state index >= 15 is 0 Å². The smallest absolute Gasteiger partial charge is 0.355 e. The van der Waals surface area contributed by atoms with Gasteiger partial charge in [-0.25, -0.2) is 9.78 Å². The molecule has 0 bridgehead atoms. The number of rotatable bonds is 3. The second-order valence-corrected chi connectivity index (χ2v) is 4.26.